The van der Waals surface area contributed by atoms with Crippen LogP contribution in [0.2, 0.25) is 0 Å². The van der Waals surface area contributed by atoms with Gasteiger partial charge in [0.25, 0.3) is 5.91 Å². The van der Waals surface area contributed by atoms with Crippen LogP contribution in [0, 0.1) is 24.7 Å². The van der Waals surface area contributed by atoms with E-state index in [-0.39, 0.29) is 42.1 Å². The third-order valence-corrected chi connectivity index (χ3v) is 7.49. The van der Waals surface area contributed by atoms with Crippen LogP contribution in [0.5, 0.6) is 0 Å². The van der Waals surface area contributed by atoms with Gasteiger partial charge in [-0.3, -0.25) is 19.2 Å². The summed E-state index contributed by atoms with van der Waals surface area (Å²) >= 11 is 0. The molecule has 212 valence electrons. The number of epoxide rings is 1. The van der Waals surface area contributed by atoms with Gasteiger partial charge in [0.1, 0.15) is 17.4 Å². The molecule has 38 heavy (non-hydrogen) atoms. The summed E-state index contributed by atoms with van der Waals surface area (Å²) in [7, 11) is 1.45. The predicted molar refractivity (Wildman–Crippen MR) is 139 cm³/mol. The molecule has 10 nitrogen and oxygen atoms in total. The summed E-state index contributed by atoms with van der Waals surface area (Å²) in [5.74, 6) is -0.907. The van der Waals surface area contributed by atoms with Crippen molar-refractivity contribution in [3.8, 4) is 0 Å². The van der Waals surface area contributed by atoms with E-state index < -0.39 is 29.5 Å². The van der Waals surface area contributed by atoms with Crippen LogP contribution in [0.3, 0.4) is 0 Å². The Balaban J connectivity index is 1.74. The first kappa shape index (κ1) is 30.0. The van der Waals surface area contributed by atoms with Crippen LogP contribution in [0.25, 0.3) is 0 Å². The Labute approximate surface area is 224 Å². The SMILES string of the molecule is COC[C@H](NC(=O)c1cc(C)on1)C(=O)C[C@@H](CC1CCCCC1)C(=O)N[C@@H](CC(C)C)C(=O)[C@@]1(C)CO1. The molecule has 0 radical (unpaired) electrons. The third-order valence-electron chi connectivity index (χ3n) is 7.49. The smallest absolute Gasteiger partial charge is 0.274 e. The minimum absolute atomic E-state index is 0.0384. The highest BCUT2D eigenvalue weighted by molar-refractivity contribution is 5.99. The molecule has 2 fully saturated rings. The highest BCUT2D eigenvalue weighted by Gasteiger charge is 2.50. The van der Waals surface area contributed by atoms with Crippen LogP contribution in [-0.2, 0) is 23.9 Å². The second-order valence-corrected chi connectivity index (χ2v) is 11.5. The molecule has 10 heteroatoms. The fourth-order valence-electron chi connectivity index (χ4n) is 5.19. The number of aromatic nitrogens is 1. The first-order valence-electron chi connectivity index (χ1n) is 13.8. The predicted octanol–water partition coefficient (Wildman–Crippen LogP) is 3.16. The highest BCUT2D eigenvalue weighted by atomic mass is 16.6. The van der Waals surface area contributed by atoms with Gasteiger partial charge in [0, 0.05) is 25.5 Å². The molecule has 2 heterocycles. The molecule has 1 aromatic heterocycles. The summed E-state index contributed by atoms with van der Waals surface area (Å²) < 4.78 is 15.5. The lowest BCUT2D eigenvalue weighted by molar-refractivity contribution is -0.135. The van der Waals surface area contributed by atoms with E-state index in [1.165, 1.54) is 19.6 Å². The zero-order valence-electron chi connectivity index (χ0n) is 23.3. The molecule has 0 spiro atoms. The Morgan fingerprint density at radius 1 is 1.13 bits per heavy atom. The molecule has 1 aromatic rings. The maximum atomic E-state index is 13.6. The zero-order chi connectivity index (χ0) is 27.9. The third kappa shape index (κ3) is 8.46. The van der Waals surface area contributed by atoms with Crippen molar-refractivity contribution in [2.75, 3.05) is 20.3 Å². The van der Waals surface area contributed by atoms with E-state index in [1.54, 1.807) is 13.8 Å². The van der Waals surface area contributed by atoms with Gasteiger partial charge in [0.2, 0.25) is 5.91 Å². The summed E-state index contributed by atoms with van der Waals surface area (Å²) in [6.07, 6.45) is 6.42. The van der Waals surface area contributed by atoms with E-state index in [0.29, 0.717) is 31.1 Å². The maximum absolute atomic E-state index is 13.6. The molecule has 0 bridgehead atoms. The molecule has 2 aliphatic rings. The molecule has 1 saturated heterocycles. The van der Waals surface area contributed by atoms with Gasteiger partial charge < -0.3 is 24.6 Å². The van der Waals surface area contributed by atoms with Crippen molar-refractivity contribution in [3.05, 3.63) is 17.5 Å². The van der Waals surface area contributed by atoms with Crippen molar-refractivity contribution in [3.63, 3.8) is 0 Å². The summed E-state index contributed by atoms with van der Waals surface area (Å²) in [6, 6.07) is -0.138. The lowest BCUT2D eigenvalue weighted by atomic mass is 9.80. The van der Waals surface area contributed by atoms with Crippen molar-refractivity contribution in [2.45, 2.75) is 96.7 Å². The van der Waals surface area contributed by atoms with Crippen molar-refractivity contribution in [1.82, 2.24) is 15.8 Å². The van der Waals surface area contributed by atoms with Crippen molar-refractivity contribution in [1.29, 1.82) is 0 Å². The summed E-state index contributed by atoms with van der Waals surface area (Å²) in [5.41, 5.74) is -0.784. The number of hydrogen-bond acceptors (Lipinski definition) is 8. The van der Waals surface area contributed by atoms with Gasteiger partial charge in [-0.15, -0.1) is 0 Å². The van der Waals surface area contributed by atoms with Gasteiger partial charge in [-0.05, 0) is 38.5 Å². The Morgan fingerprint density at radius 3 is 2.37 bits per heavy atom. The minimum atomic E-state index is -0.946. The van der Waals surface area contributed by atoms with Crippen LogP contribution in [0.1, 0.15) is 88.4 Å². The van der Waals surface area contributed by atoms with Crippen molar-refractivity contribution < 1.29 is 33.2 Å². The van der Waals surface area contributed by atoms with Crippen LogP contribution >= 0.6 is 0 Å². The number of methoxy groups -OCH3 is 1. The topological polar surface area (TPSA) is 140 Å². The van der Waals surface area contributed by atoms with Gasteiger partial charge in [-0.25, -0.2) is 0 Å². The Bertz CT molecular complexity index is 979. The minimum Gasteiger partial charge on any atom is -0.382 e. The molecule has 4 atom stereocenters. The first-order chi connectivity index (χ1) is 18.0. The average Bonchev–Trinajstić information content (AvgIpc) is 3.48. The monoisotopic (exact) mass is 533 g/mol. The molecule has 1 aliphatic carbocycles. The molecule has 1 saturated carbocycles. The lowest BCUT2D eigenvalue weighted by Crippen LogP contribution is -2.50. The van der Waals surface area contributed by atoms with E-state index >= 15 is 0 Å². The van der Waals surface area contributed by atoms with Crippen LogP contribution < -0.4 is 10.6 Å². The number of hydrogen-bond donors (Lipinski definition) is 2. The zero-order valence-corrected chi connectivity index (χ0v) is 23.3. The number of ether oxygens (including phenoxy) is 2. The van der Waals surface area contributed by atoms with E-state index in [0.717, 1.165) is 25.7 Å². The first-order valence-corrected chi connectivity index (χ1v) is 13.8. The number of amides is 2. The van der Waals surface area contributed by atoms with Crippen LogP contribution in [0.15, 0.2) is 10.6 Å². The summed E-state index contributed by atoms with van der Waals surface area (Å²) in [5, 5.41) is 9.35. The van der Waals surface area contributed by atoms with Crippen molar-refractivity contribution >= 4 is 23.4 Å². The molecule has 0 aromatic carbocycles. The molecule has 2 N–H and O–H groups in total. The summed E-state index contributed by atoms with van der Waals surface area (Å²) in [4.78, 5) is 52.8. The molecule has 0 unspecified atom stereocenters. The van der Waals surface area contributed by atoms with E-state index in [1.807, 2.05) is 13.8 Å². The maximum Gasteiger partial charge on any atom is 0.274 e. The van der Waals surface area contributed by atoms with Crippen molar-refractivity contribution in [2.24, 2.45) is 17.8 Å². The fraction of sp³-hybridized carbons (Fsp3) is 0.750. The standard InChI is InChI=1S/C28H43N3O7/c1-17(2)11-21(25(33)28(4)16-37-28)29-26(34)20(13-19-9-7-6-8-10-19)14-24(32)23(15-36-5)30-27(35)22-12-18(3)38-31-22/h12,17,19-21,23H,6-11,13-16H2,1-5H3,(H,29,34)(H,30,35)/t20-,21+,23+,28-/m1/s1. The molecule has 1 aliphatic heterocycles. The van der Waals surface area contributed by atoms with Gasteiger partial charge in [-0.1, -0.05) is 51.1 Å². The van der Waals surface area contributed by atoms with Gasteiger partial charge in [-0.2, -0.15) is 0 Å². The summed E-state index contributed by atoms with van der Waals surface area (Å²) in [6.45, 7) is 7.72. The van der Waals surface area contributed by atoms with E-state index in [4.69, 9.17) is 14.0 Å². The largest absolute Gasteiger partial charge is 0.382 e. The van der Waals surface area contributed by atoms with Crippen LogP contribution in [0.4, 0.5) is 0 Å². The number of nitrogens with one attached hydrogen (secondary N) is 2. The lowest BCUT2D eigenvalue weighted by Gasteiger charge is -2.29. The number of aryl methyl sites for hydroxylation is 1. The average molecular weight is 534 g/mol. The molecular formula is C28H43N3O7. The number of carbonyl (C=O) groups excluding carboxylic acids is 4. The number of carbonyl (C=O) groups is 4. The molecular weight excluding hydrogens is 490 g/mol. The second-order valence-electron chi connectivity index (χ2n) is 11.5. The normalized spacial score (nSPS) is 21.9. The fourth-order valence-corrected chi connectivity index (χ4v) is 5.19. The molecule has 2 amide bonds. The Hall–Kier alpha value is -2.59. The Kier molecular flexibility index (Phi) is 10.6. The van der Waals surface area contributed by atoms with Gasteiger partial charge >= 0.3 is 0 Å². The molecule has 3 rings (SSSR count). The quantitative estimate of drug-likeness (QED) is 0.328. The van der Waals surface area contributed by atoms with Gasteiger partial charge in [0.15, 0.2) is 17.3 Å². The van der Waals surface area contributed by atoms with Gasteiger partial charge in [0.05, 0.1) is 19.3 Å². The second kappa shape index (κ2) is 13.5. The van der Waals surface area contributed by atoms with E-state index in [9.17, 15) is 19.2 Å². The Morgan fingerprint density at radius 2 is 1.82 bits per heavy atom. The number of rotatable bonds is 15. The number of Topliss-reactive ketones (excluding diaryl/α,β-unsaturated/α-hetero) is 2. The highest BCUT2D eigenvalue weighted by Crippen LogP contribution is 2.32. The van der Waals surface area contributed by atoms with E-state index in [2.05, 4.69) is 15.8 Å². The number of nitrogens with zero attached hydrogens (tertiary/aromatic N) is 1. The number of ketones is 2. The van der Waals surface area contributed by atoms with Crippen LogP contribution in [-0.4, -0.2) is 66.5 Å².